The number of piperidine rings is 1. The summed E-state index contributed by atoms with van der Waals surface area (Å²) in [5, 5.41) is 7.45. The van der Waals surface area contributed by atoms with Gasteiger partial charge in [-0.15, -0.1) is 0 Å². The minimum atomic E-state index is -0.113. The number of carbonyl (C=O) groups is 1. The van der Waals surface area contributed by atoms with E-state index in [1.54, 1.807) is 12.5 Å². The fourth-order valence-corrected chi connectivity index (χ4v) is 3.72. The van der Waals surface area contributed by atoms with E-state index in [0.717, 1.165) is 48.0 Å². The summed E-state index contributed by atoms with van der Waals surface area (Å²) >= 11 is 0. The predicted octanol–water partition coefficient (Wildman–Crippen LogP) is 2.84. The number of hydrogen-bond donors (Lipinski definition) is 1. The quantitative estimate of drug-likeness (QED) is 0.736. The maximum atomic E-state index is 12.8. The molecule has 1 saturated heterocycles. The molecule has 1 N–H and O–H groups in total. The number of hydrogen-bond acceptors (Lipinski definition) is 6. The van der Waals surface area contributed by atoms with Crippen molar-refractivity contribution >= 4 is 17.5 Å². The maximum Gasteiger partial charge on any atom is 0.230 e. The summed E-state index contributed by atoms with van der Waals surface area (Å²) in [4.78, 5) is 28.0. The fourth-order valence-electron chi connectivity index (χ4n) is 3.72. The highest BCUT2D eigenvalue weighted by atomic mass is 16.2. The van der Waals surface area contributed by atoms with Crippen LogP contribution in [0.2, 0.25) is 0 Å². The highest BCUT2D eigenvalue weighted by Gasteiger charge is 2.27. The summed E-state index contributed by atoms with van der Waals surface area (Å²) < 4.78 is 1.82. The first kappa shape index (κ1) is 19.0. The fraction of sp³-hybridized carbons (Fsp3) is 0.381. The van der Waals surface area contributed by atoms with Gasteiger partial charge in [-0.05, 0) is 57.4 Å². The van der Waals surface area contributed by atoms with Crippen molar-refractivity contribution in [2.75, 3.05) is 23.3 Å². The third kappa shape index (κ3) is 4.26. The minimum Gasteiger partial charge on any atom is -0.356 e. The molecule has 0 aromatic carbocycles. The molecule has 1 unspecified atom stereocenters. The second-order valence-corrected chi connectivity index (χ2v) is 7.57. The van der Waals surface area contributed by atoms with Crippen molar-refractivity contribution in [3.05, 3.63) is 53.7 Å². The number of aromatic nitrogens is 5. The van der Waals surface area contributed by atoms with E-state index in [1.807, 2.05) is 49.7 Å². The lowest BCUT2D eigenvalue weighted by Gasteiger charge is -2.32. The van der Waals surface area contributed by atoms with Gasteiger partial charge in [-0.1, -0.05) is 0 Å². The van der Waals surface area contributed by atoms with Gasteiger partial charge in [0, 0.05) is 31.0 Å². The van der Waals surface area contributed by atoms with E-state index in [2.05, 4.69) is 30.3 Å². The molecule has 0 bridgehead atoms. The van der Waals surface area contributed by atoms with Crippen LogP contribution in [0, 0.1) is 26.7 Å². The smallest absolute Gasteiger partial charge is 0.230 e. The molecule has 8 heteroatoms. The van der Waals surface area contributed by atoms with E-state index in [9.17, 15) is 4.79 Å². The Bertz CT molecular complexity index is 1030. The van der Waals surface area contributed by atoms with Gasteiger partial charge < -0.3 is 10.2 Å². The van der Waals surface area contributed by atoms with Gasteiger partial charge in [0.25, 0.3) is 0 Å². The number of carbonyl (C=O) groups excluding carboxylic acids is 1. The molecule has 0 aliphatic carbocycles. The molecule has 29 heavy (non-hydrogen) atoms. The SMILES string of the molecule is Cc1ccnc(NC(=O)C2CCCN(c3cc(-n4nc(C)cc4C)ncn3)C2)c1. The number of rotatable bonds is 4. The Morgan fingerprint density at radius 1 is 1.10 bits per heavy atom. The van der Waals surface area contributed by atoms with E-state index in [4.69, 9.17) is 0 Å². The summed E-state index contributed by atoms with van der Waals surface area (Å²) in [6.45, 7) is 7.42. The zero-order chi connectivity index (χ0) is 20.4. The zero-order valence-electron chi connectivity index (χ0n) is 17.0. The number of anilines is 2. The molecule has 3 aromatic heterocycles. The van der Waals surface area contributed by atoms with Gasteiger partial charge in [0.15, 0.2) is 5.82 Å². The van der Waals surface area contributed by atoms with Gasteiger partial charge in [-0.2, -0.15) is 5.10 Å². The Kier molecular flexibility index (Phi) is 5.24. The molecule has 1 aliphatic heterocycles. The molecular weight excluding hydrogens is 366 g/mol. The van der Waals surface area contributed by atoms with Crippen LogP contribution in [-0.2, 0) is 4.79 Å². The molecule has 8 nitrogen and oxygen atoms in total. The van der Waals surface area contributed by atoms with Crippen molar-refractivity contribution < 1.29 is 4.79 Å². The highest BCUT2D eigenvalue weighted by molar-refractivity contribution is 5.92. The highest BCUT2D eigenvalue weighted by Crippen LogP contribution is 2.24. The van der Waals surface area contributed by atoms with Crippen molar-refractivity contribution in [2.24, 2.45) is 5.92 Å². The molecule has 1 fully saturated rings. The molecule has 0 radical (unpaired) electrons. The van der Waals surface area contributed by atoms with Gasteiger partial charge in [0.2, 0.25) is 5.91 Å². The number of nitrogens with one attached hydrogen (secondary N) is 1. The molecule has 0 saturated carbocycles. The average Bonchev–Trinajstić information content (AvgIpc) is 3.06. The topological polar surface area (TPSA) is 88.8 Å². The Morgan fingerprint density at radius 2 is 1.93 bits per heavy atom. The lowest BCUT2D eigenvalue weighted by Crippen LogP contribution is -2.41. The summed E-state index contributed by atoms with van der Waals surface area (Å²) in [6.07, 6.45) is 5.04. The van der Waals surface area contributed by atoms with E-state index >= 15 is 0 Å². The van der Waals surface area contributed by atoms with E-state index in [-0.39, 0.29) is 11.8 Å². The normalized spacial score (nSPS) is 16.7. The first-order chi connectivity index (χ1) is 14.0. The molecule has 1 atom stereocenters. The van der Waals surface area contributed by atoms with Crippen LogP contribution in [-0.4, -0.2) is 43.7 Å². The zero-order valence-corrected chi connectivity index (χ0v) is 17.0. The molecular formula is C21H25N7O. The third-order valence-electron chi connectivity index (χ3n) is 5.15. The summed E-state index contributed by atoms with van der Waals surface area (Å²) in [5.74, 6) is 2.03. The van der Waals surface area contributed by atoms with Crippen molar-refractivity contribution in [2.45, 2.75) is 33.6 Å². The van der Waals surface area contributed by atoms with Crippen molar-refractivity contribution in [3.63, 3.8) is 0 Å². The van der Waals surface area contributed by atoms with Gasteiger partial charge in [0.1, 0.15) is 18.0 Å². The lowest BCUT2D eigenvalue weighted by molar-refractivity contribution is -0.120. The molecule has 1 aliphatic rings. The molecule has 4 rings (SSSR count). The summed E-state index contributed by atoms with van der Waals surface area (Å²) in [5.41, 5.74) is 3.04. The second-order valence-electron chi connectivity index (χ2n) is 7.57. The van der Waals surface area contributed by atoms with E-state index in [0.29, 0.717) is 12.4 Å². The van der Waals surface area contributed by atoms with E-state index < -0.39 is 0 Å². The number of aryl methyl sites for hydroxylation is 3. The van der Waals surface area contributed by atoms with Crippen LogP contribution >= 0.6 is 0 Å². The Labute approximate surface area is 170 Å². The van der Waals surface area contributed by atoms with Crippen LogP contribution in [0.5, 0.6) is 0 Å². The van der Waals surface area contributed by atoms with Crippen LogP contribution < -0.4 is 10.2 Å². The van der Waals surface area contributed by atoms with Crippen LogP contribution in [0.1, 0.15) is 29.8 Å². The van der Waals surface area contributed by atoms with E-state index in [1.165, 1.54) is 0 Å². The molecule has 3 aromatic rings. The first-order valence-corrected chi connectivity index (χ1v) is 9.84. The predicted molar refractivity (Wildman–Crippen MR) is 111 cm³/mol. The van der Waals surface area contributed by atoms with Crippen LogP contribution in [0.3, 0.4) is 0 Å². The molecule has 0 spiro atoms. The number of pyridine rings is 1. The number of amides is 1. The Morgan fingerprint density at radius 3 is 2.69 bits per heavy atom. The van der Waals surface area contributed by atoms with Gasteiger partial charge >= 0.3 is 0 Å². The summed E-state index contributed by atoms with van der Waals surface area (Å²) in [7, 11) is 0. The van der Waals surface area contributed by atoms with Gasteiger partial charge in [-0.25, -0.2) is 19.6 Å². The van der Waals surface area contributed by atoms with Crippen LogP contribution in [0.25, 0.3) is 5.82 Å². The molecule has 1 amide bonds. The first-order valence-electron chi connectivity index (χ1n) is 9.84. The molecule has 4 heterocycles. The largest absolute Gasteiger partial charge is 0.356 e. The Balaban J connectivity index is 1.49. The van der Waals surface area contributed by atoms with Crippen LogP contribution in [0.15, 0.2) is 36.8 Å². The standard InChI is InChI=1S/C21H25N7O/c1-14-6-7-22-18(9-14)25-21(29)17-5-4-8-27(12-17)19-11-20(24-13-23-19)28-16(3)10-15(2)26-28/h6-7,9-11,13,17H,4-5,8,12H2,1-3H3,(H,22,25,29). The third-order valence-corrected chi connectivity index (χ3v) is 5.15. The van der Waals surface area contributed by atoms with Crippen LogP contribution in [0.4, 0.5) is 11.6 Å². The second kappa shape index (κ2) is 7.98. The van der Waals surface area contributed by atoms with Gasteiger partial charge in [-0.3, -0.25) is 4.79 Å². The maximum absolute atomic E-state index is 12.8. The minimum absolute atomic E-state index is 0.000579. The Hall–Kier alpha value is -3.29. The monoisotopic (exact) mass is 391 g/mol. The van der Waals surface area contributed by atoms with Crippen molar-refractivity contribution in [1.29, 1.82) is 0 Å². The average molecular weight is 391 g/mol. The van der Waals surface area contributed by atoms with Gasteiger partial charge in [0.05, 0.1) is 11.6 Å². The van der Waals surface area contributed by atoms with Crippen molar-refractivity contribution in [3.8, 4) is 5.82 Å². The summed E-state index contributed by atoms with van der Waals surface area (Å²) in [6, 6.07) is 7.74. The number of nitrogens with zero attached hydrogens (tertiary/aromatic N) is 6. The lowest BCUT2D eigenvalue weighted by atomic mass is 9.97. The van der Waals surface area contributed by atoms with Crippen molar-refractivity contribution in [1.82, 2.24) is 24.7 Å². The molecule has 150 valence electrons.